The molecule has 6 nitrogen and oxygen atoms in total. The van der Waals surface area contributed by atoms with Crippen molar-refractivity contribution in [1.82, 2.24) is 4.57 Å². The summed E-state index contributed by atoms with van der Waals surface area (Å²) in [4.78, 5) is 38.0. The topological polar surface area (TPSA) is 63.9 Å². The molecule has 0 unspecified atom stereocenters. The lowest BCUT2D eigenvalue weighted by molar-refractivity contribution is -0.139. The Morgan fingerprint density at radius 1 is 1.07 bits per heavy atom. The summed E-state index contributed by atoms with van der Waals surface area (Å²) in [7, 11) is 2.07. The predicted octanol–water partition coefficient (Wildman–Crippen LogP) is 5.75. The van der Waals surface area contributed by atoms with Crippen LogP contribution in [-0.4, -0.2) is 30.4 Å². The molecule has 0 N–H and O–H groups in total. The van der Waals surface area contributed by atoms with Crippen LogP contribution < -0.4 is 19.8 Å². The smallest absolute Gasteiger partial charge is 0.338 e. The van der Waals surface area contributed by atoms with Gasteiger partial charge in [-0.05, 0) is 73.7 Å². The highest BCUT2D eigenvalue weighted by Crippen LogP contribution is 2.47. The zero-order valence-electron chi connectivity index (χ0n) is 22.5. The first-order chi connectivity index (χ1) is 19.4. The molecule has 0 spiro atoms. The minimum Gasteiger partial charge on any atom is -0.463 e. The fourth-order valence-corrected chi connectivity index (χ4v) is 7.75. The lowest BCUT2D eigenvalue weighted by Crippen LogP contribution is -2.39. The van der Waals surface area contributed by atoms with Crippen molar-refractivity contribution in [3.63, 3.8) is 0 Å². The molecule has 6 rings (SSSR count). The van der Waals surface area contributed by atoms with Gasteiger partial charge in [-0.3, -0.25) is 9.36 Å². The zero-order valence-corrected chi connectivity index (χ0v) is 25.0. The molecule has 0 bridgehead atoms. The van der Waals surface area contributed by atoms with Gasteiger partial charge >= 0.3 is 5.97 Å². The van der Waals surface area contributed by atoms with Crippen LogP contribution in [0.4, 0.5) is 11.4 Å². The van der Waals surface area contributed by atoms with Crippen LogP contribution in [0.2, 0.25) is 0 Å². The maximum atomic E-state index is 14.0. The summed E-state index contributed by atoms with van der Waals surface area (Å²) < 4.78 is 7.61. The largest absolute Gasteiger partial charge is 0.463 e. The van der Waals surface area contributed by atoms with Crippen molar-refractivity contribution in [2.24, 2.45) is 4.99 Å². The number of esters is 1. The molecule has 0 radical (unpaired) electrons. The van der Waals surface area contributed by atoms with Gasteiger partial charge in [0.15, 0.2) is 4.80 Å². The van der Waals surface area contributed by atoms with E-state index in [1.54, 1.807) is 35.0 Å². The number of benzene rings is 3. The Bertz CT molecular complexity index is 1860. The van der Waals surface area contributed by atoms with Crippen LogP contribution in [0.25, 0.3) is 6.08 Å². The molecule has 2 aliphatic rings. The standard InChI is InChI=1S/C31H27N3O3S3/c1-5-37-30(36)27-18(2)32-31-34(28(27)20-11-13-21(38-4)14-12-20)29(35)26(40-31)17-19-10-15-23-25(16-19)39-24-9-7-6-8-22(24)33(23)3/h6-17,28H,5H2,1-4H3/b26-17+/t28-/m0/s1. The average molecular weight is 586 g/mol. The second kappa shape index (κ2) is 10.8. The highest BCUT2D eigenvalue weighted by atomic mass is 32.2. The van der Waals surface area contributed by atoms with Gasteiger partial charge in [0.2, 0.25) is 0 Å². The summed E-state index contributed by atoms with van der Waals surface area (Å²) in [6, 6.07) is 22.0. The van der Waals surface area contributed by atoms with Crippen LogP contribution >= 0.6 is 34.9 Å². The molecule has 0 saturated heterocycles. The minimum absolute atomic E-state index is 0.176. The third-order valence-corrected chi connectivity index (χ3v) is 9.88. The first-order valence-corrected chi connectivity index (χ1v) is 15.7. The van der Waals surface area contributed by atoms with Gasteiger partial charge in [-0.25, -0.2) is 9.79 Å². The van der Waals surface area contributed by atoms with Gasteiger partial charge in [0.1, 0.15) is 0 Å². The van der Waals surface area contributed by atoms with E-state index < -0.39 is 12.0 Å². The summed E-state index contributed by atoms with van der Waals surface area (Å²) in [5.41, 5.74) is 4.87. The first kappa shape index (κ1) is 26.7. The van der Waals surface area contributed by atoms with Gasteiger partial charge in [-0.1, -0.05) is 53.4 Å². The summed E-state index contributed by atoms with van der Waals surface area (Å²) in [6.45, 7) is 3.83. The van der Waals surface area contributed by atoms with Crippen molar-refractivity contribution < 1.29 is 9.53 Å². The molecular formula is C31H27N3O3S3. The van der Waals surface area contributed by atoms with Crippen LogP contribution in [0, 0.1) is 0 Å². The lowest BCUT2D eigenvalue weighted by atomic mass is 9.96. The van der Waals surface area contributed by atoms with E-state index in [0.717, 1.165) is 26.6 Å². The lowest BCUT2D eigenvalue weighted by Gasteiger charge is -2.29. The molecule has 3 heterocycles. The quantitative estimate of drug-likeness (QED) is 0.220. The zero-order chi connectivity index (χ0) is 28.0. The number of allylic oxidation sites excluding steroid dienone is 1. The summed E-state index contributed by atoms with van der Waals surface area (Å²) in [5.74, 6) is -0.451. The number of nitrogens with zero attached hydrogens (tertiary/aromatic N) is 3. The van der Waals surface area contributed by atoms with E-state index in [1.807, 2.05) is 55.7 Å². The minimum atomic E-state index is -0.613. The number of thioether (sulfide) groups is 1. The van der Waals surface area contributed by atoms with E-state index >= 15 is 0 Å². The normalized spacial score (nSPS) is 16.2. The Hall–Kier alpha value is -3.53. The monoisotopic (exact) mass is 585 g/mol. The summed E-state index contributed by atoms with van der Waals surface area (Å²) in [6.07, 6.45) is 3.94. The number of anilines is 2. The molecule has 0 fully saturated rings. The Kier molecular flexibility index (Phi) is 7.20. The van der Waals surface area contributed by atoms with Crippen LogP contribution in [-0.2, 0) is 9.53 Å². The SMILES string of the molecule is CCOC(=O)C1=C(C)N=c2s/c(=C/c3ccc4c(c3)Sc3ccccc3N4C)c(=O)n2[C@H]1c1ccc(SC)cc1. The van der Waals surface area contributed by atoms with E-state index in [1.165, 1.54) is 21.9 Å². The van der Waals surface area contributed by atoms with Crippen LogP contribution in [0.1, 0.15) is 31.0 Å². The number of rotatable bonds is 5. The van der Waals surface area contributed by atoms with E-state index in [2.05, 4.69) is 42.3 Å². The number of ether oxygens (including phenoxy) is 1. The van der Waals surface area contributed by atoms with Crippen molar-refractivity contribution in [2.75, 3.05) is 24.8 Å². The Morgan fingerprint density at radius 3 is 2.58 bits per heavy atom. The number of para-hydroxylation sites is 1. The van der Waals surface area contributed by atoms with E-state index in [9.17, 15) is 9.59 Å². The maximum absolute atomic E-state index is 14.0. The number of hydrogen-bond donors (Lipinski definition) is 0. The number of fused-ring (bicyclic) bond motifs is 3. The molecule has 9 heteroatoms. The summed E-state index contributed by atoms with van der Waals surface area (Å²) >= 11 is 4.71. The van der Waals surface area contributed by atoms with Gasteiger partial charge < -0.3 is 9.64 Å². The fraction of sp³-hybridized carbons (Fsp3) is 0.194. The number of aromatic nitrogens is 1. The van der Waals surface area contributed by atoms with Gasteiger partial charge in [-0.2, -0.15) is 0 Å². The average Bonchev–Trinajstić information content (AvgIpc) is 3.26. The molecule has 202 valence electrons. The van der Waals surface area contributed by atoms with Crippen LogP contribution in [0.3, 0.4) is 0 Å². The van der Waals surface area contributed by atoms with E-state index in [4.69, 9.17) is 9.73 Å². The van der Waals surface area contributed by atoms with Crippen molar-refractivity contribution in [2.45, 2.75) is 34.6 Å². The van der Waals surface area contributed by atoms with Crippen molar-refractivity contribution >= 4 is 58.3 Å². The summed E-state index contributed by atoms with van der Waals surface area (Å²) in [5, 5.41) is 0. The molecule has 3 aromatic carbocycles. The van der Waals surface area contributed by atoms with Crippen LogP contribution in [0.15, 0.2) is 102 Å². The van der Waals surface area contributed by atoms with Gasteiger partial charge in [-0.15, -0.1) is 11.8 Å². The second-order valence-corrected chi connectivity index (χ2v) is 12.4. The number of carbonyl (C=O) groups excluding carboxylic acids is 1. The Labute approximate surface area is 244 Å². The Balaban J connectivity index is 1.46. The molecule has 0 saturated carbocycles. The molecule has 0 amide bonds. The molecule has 1 aromatic heterocycles. The molecule has 4 aromatic rings. The predicted molar refractivity (Wildman–Crippen MR) is 164 cm³/mol. The van der Waals surface area contributed by atoms with Gasteiger partial charge in [0, 0.05) is 21.7 Å². The van der Waals surface area contributed by atoms with Crippen molar-refractivity contribution in [1.29, 1.82) is 0 Å². The van der Waals surface area contributed by atoms with Crippen LogP contribution in [0.5, 0.6) is 0 Å². The third-order valence-electron chi connectivity index (χ3n) is 7.04. The highest BCUT2D eigenvalue weighted by Gasteiger charge is 2.33. The number of carbonyl (C=O) groups is 1. The number of thiazole rings is 1. The molecule has 0 aliphatic carbocycles. The maximum Gasteiger partial charge on any atom is 0.338 e. The van der Waals surface area contributed by atoms with Gasteiger partial charge in [0.05, 0.1) is 39.8 Å². The fourth-order valence-electron chi connectivity index (χ4n) is 5.09. The molecule has 2 aliphatic heterocycles. The third kappa shape index (κ3) is 4.62. The highest BCUT2D eigenvalue weighted by molar-refractivity contribution is 7.99. The van der Waals surface area contributed by atoms with Crippen molar-refractivity contribution in [3.05, 3.63) is 109 Å². The van der Waals surface area contributed by atoms with Gasteiger partial charge in [0.25, 0.3) is 5.56 Å². The number of hydrogen-bond acceptors (Lipinski definition) is 8. The van der Waals surface area contributed by atoms with E-state index in [0.29, 0.717) is 20.6 Å². The molecule has 40 heavy (non-hydrogen) atoms. The Morgan fingerprint density at radius 2 is 1.82 bits per heavy atom. The second-order valence-electron chi connectivity index (χ2n) is 9.43. The molecular weight excluding hydrogens is 559 g/mol. The van der Waals surface area contributed by atoms with E-state index in [-0.39, 0.29) is 12.2 Å². The first-order valence-electron chi connectivity index (χ1n) is 12.9. The molecule has 1 atom stereocenters. The van der Waals surface area contributed by atoms with Crippen molar-refractivity contribution in [3.8, 4) is 0 Å².